The summed E-state index contributed by atoms with van der Waals surface area (Å²) in [7, 11) is 3.21. The molecule has 0 amide bonds. The van der Waals surface area contributed by atoms with Crippen LogP contribution in [0.3, 0.4) is 0 Å². The number of rotatable bonds is 10. The van der Waals surface area contributed by atoms with E-state index in [0.717, 1.165) is 26.0 Å². The molecule has 3 N–H and O–H groups in total. The summed E-state index contributed by atoms with van der Waals surface area (Å²) in [6, 6.07) is 1.71. The van der Waals surface area contributed by atoms with Gasteiger partial charge in [-0.1, -0.05) is 0 Å². The molecule has 1 rings (SSSR count). The molecule has 0 aromatic carbocycles. The van der Waals surface area contributed by atoms with Crippen LogP contribution in [0.15, 0.2) is 6.07 Å². The number of anilines is 2. The average molecular weight is 270 g/mol. The van der Waals surface area contributed by atoms with E-state index in [2.05, 4.69) is 15.3 Å². The fourth-order valence-corrected chi connectivity index (χ4v) is 1.43. The Bertz CT molecular complexity index is 363. The first-order chi connectivity index (χ1) is 9.26. The van der Waals surface area contributed by atoms with Crippen molar-refractivity contribution in [1.29, 1.82) is 0 Å². The zero-order valence-corrected chi connectivity index (χ0v) is 11.5. The largest absolute Gasteiger partial charge is 0.481 e. The first-order valence-corrected chi connectivity index (χ1v) is 6.25. The second-order valence-corrected chi connectivity index (χ2v) is 3.89. The Kier molecular flexibility index (Phi) is 7.60. The fraction of sp³-hybridized carbons (Fsp3) is 0.667. The van der Waals surface area contributed by atoms with Gasteiger partial charge in [-0.25, -0.2) is 0 Å². The molecule has 0 radical (unpaired) electrons. The highest BCUT2D eigenvalue weighted by Crippen LogP contribution is 2.13. The zero-order valence-electron chi connectivity index (χ0n) is 11.5. The molecule has 0 spiro atoms. The van der Waals surface area contributed by atoms with E-state index >= 15 is 0 Å². The van der Waals surface area contributed by atoms with Gasteiger partial charge in [-0.05, 0) is 12.8 Å². The standard InChI is InChI=1S/C12H22N4O3/c1-17-7-8-19-6-4-3-5-14-10-9-11(18-2)16-12(13)15-10/h9H,3-8H2,1-2H3,(H3,13,14,15,16). The number of aromatic nitrogens is 2. The molecule has 108 valence electrons. The second-order valence-electron chi connectivity index (χ2n) is 3.89. The third-order valence-electron chi connectivity index (χ3n) is 2.38. The van der Waals surface area contributed by atoms with E-state index in [4.69, 9.17) is 19.9 Å². The van der Waals surface area contributed by atoms with Gasteiger partial charge >= 0.3 is 0 Å². The van der Waals surface area contributed by atoms with Gasteiger partial charge in [-0.15, -0.1) is 0 Å². The van der Waals surface area contributed by atoms with Crippen molar-refractivity contribution in [3.8, 4) is 5.88 Å². The van der Waals surface area contributed by atoms with Gasteiger partial charge < -0.3 is 25.3 Å². The average Bonchev–Trinajstić information content (AvgIpc) is 2.41. The number of hydrogen-bond donors (Lipinski definition) is 2. The van der Waals surface area contributed by atoms with E-state index < -0.39 is 0 Å². The lowest BCUT2D eigenvalue weighted by Gasteiger charge is -2.08. The molecule has 0 aliphatic heterocycles. The predicted molar refractivity (Wildman–Crippen MR) is 73.4 cm³/mol. The minimum Gasteiger partial charge on any atom is -0.481 e. The van der Waals surface area contributed by atoms with Crippen LogP contribution in [0.25, 0.3) is 0 Å². The summed E-state index contributed by atoms with van der Waals surface area (Å²) in [5.41, 5.74) is 5.56. The number of nitrogen functional groups attached to an aromatic ring is 1. The van der Waals surface area contributed by atoms with Gasteiger partial charge in [-0.3, -0.25) is 0 Å². The summed E-state index contributed by atoms with van der Waals surface area (Å²) in [4.78, 5) is 7.98. The van der Waals surface area contributed by atoms with Crippen molar-refractivity contribution in [3.63, 3.8) is 0 Å². The Morgan fingerprint density at radius 3 is 2.74 bits per heavy atom. The monoisotopic (exact) mass is 270 g/mol. The van der Waals surface area contributed by atoms with Crippen molar-refractivity contribution < 1.29 is 14.2 Å². The third-order valence-corrected chi connectivity index (χ3v) is 2.38. The van der Waals surface area contributed by atoms with Crippen LogP contribution in [-0.2, 0) is 9.47 Å². The van der Waals surface area contributed by atoms with Crippen LogP contribution in [0.2, 0.25) is 0 Å². The number of nitrogens with zero attached hydrogens (tertiary/aromatic N) is 2. The Hall–Kier alpha value is -1.60. The molecule has 7 heteroatoms. The predicted octanol–water partition coefficient (Wildman–Crippen LogP) is 0.922. The Morgan fingerprint density at radius 1 is 1.16 bits per heavy atom. The molecule has 0 atom stereocenters. The van der Waals surface area contributed by atoms with Crippen LogP contribution in [0.1, 0.15) is 12.8 Å². The minimum atomic E-state index is 0.199. The highest BCUT2D eigenvalue weighted by Gasteiger charge is 2.01. The maximum absolute atomic E-state index is 5.56. The van der Waals surface area contributed by atoms with Crippen LogP contribution in [0.4, 0.5) is 11.8 Å². The number of nitrogens with one attached hydrogen (secondary N) is 1. The molecule has 19 heavy (non-hydrogen) atoms. The molecule has 0 saturated carbocycles. The number of ether oxygens (including phenoxy) is 3. The van der Waals surface area contributed by atoms with E-state index in [0.29, 0.717) is 24.9 Å². The van der Waals surface area contributed by atoms with Gasteiger partial charge in [0.1, 0.15) is 5.82 Å². The first-order valence-electron chi connectivity index (χ1n) is 6.25. The van der Waals surface area contributed by atoms with E-state index in [-0.39, 0.29) is 5.95 Å². The van der Waals surface area contributed by atoms with Gasteiger partial charge in [0.05, 0.1) is 20.3 Å². The van der Waals surface area contributed by atoms with Gasteiger partial charge in [0.2, 0.25) is 11.8 Å². The van der Waals surface area contributed by atoms with Crippen LogP contribution < -0.4 is 15.8 Å². The van der Waals surface area contributed by atoms with E-state index in [9.17, 15) is 0 Å². The van der Waals surface area contributed by atoms with Crippen molar-refractivity contribution in [2.24, 2.45) is 0 Å². The molecule has 0 fully saturated rings. The molecule has 1 heterocycles. The van der Waals surface area contributed by atoms with Gasteiger partial charge in [0, 0.05) is 26.3 Å². The summed E-state index contributed by atoms with van der Waals surface area (Å²) in [6.45, 7) is 2.81. The van der Waals surface area contributed by atoms with Crippen LogP contribution in [-0.4, -0.2) is 50.6 Å². The number of nitrogens with two attached hydrogens (primary N) is 1. The highest BCUT2D eigenvalue weighted by molar-refractivity contribution is 5.42. The van der Waals surface area contributed by atoms with E-state index in [1.54, 1.807) is 20.3 Å². The number of unbranched alkanes of at least 4 members (excludes halogenated alkanes) is 1. The maximum Gasteiger partial charge on any atom is 0.225 e. The van der Waals surface area contributed by atoms with Crippen molar-refractivity contribution in [3.05, 3.63) is 6.07 Å². The quantitative estimate of drug-likeness (QED) is 0.611. The van der Waals surface area contributed by atoms with Crippen LogP contribution in [0.5, 0.6) is 5.88 Å². The SMILES string of the molecule is COCCOCCCCNc1cc(OC)nc(N)n1. The fourth-order valence-electron chi connectivity index (χ4n) is 1.43. The maximum atomic E-state index is 5.56. The Labute approximate surface area is 113 Å². The van der Waals surface area contributed by atoms with Crippen molar-refractivity contribution >= 4 is 11.8 Å². The minimum absolute atomic E-state index is 0.199. The lowest BCUT2D eigenvalue weighted by molar-refractivity contribution is 0.0691. The van der Waals surface area contributed by atoms with Crippen molar-refractivity contribution in [2.75, 3.05) is 51.6 Å². The summed E-state index contributed by atoms with van der Waals surface area (Å²) in [6.07, 6.45) is 1.97. The molecule has 0 unspecified atom stereocenters. The molecule has 0 aliphatic rings. The lowest BCUT2D eigenvalue weighted by Crippen LogP contribution is -2.08. The zero-order chi connectivity index (χ0) is 13.9. The van der Waals surface area contributed by atoms with Crippen molar-refractivity contribution in [2.45, 2.75) is 12.8 Å². The summed E-state index contributed by atoms with van der Waals surface area (Å²) < 4.78 is 15.3. The first kappa shape index (κ1) is 15.5. The Balaban J connectivity index is 2.13. The van der Waals surface area contributed by atoms with E-state index in [1.165, 1.54) is 0 Å². The summed E-state index contributed by atoms with van der Waals surface area (Å²) in [5, 5.41) is 3.17. The Morgan fingerprint density at radius 2 is 2.00 bits per heavy atom. The molecule has 0 saturated heterocycles. The smallest absolute Gasteiger partial charge is 0.225 e. The topological polar surface area (TPSA) is 91.5 Å². The molecule has 1 aromatic heterocycles. The van der Waals surface area contributed by atoms with Gasteiger partial charge in [0.25, 0.3) is 0 Å². The third kappa shape index (κ3) is 6.78. The molecule has 1 aromatic rings. The van der Waals surface area contributed by atoms with Crippen molar-refractivity contribution in [1.82, 2.24) is 9.97 Å². The molecule has 0 aliphatic carbocycles. The molecule has 0 bridgehead atoms. The summed E-state index contributed by atoms with van der Waals surface area (Å²) in [5.74, 6) is 1.33. The number of methoxy groups -OCH3 is 2. The van der Waals surface area contributed by atoms with Crippen LogP contribution >= 0.6 is 0 Å². The highest BCUT2D eigenvalue weighted by atomic mass is 16.5. The molecular weight excluding hydrogens is 248 g/mol. The lowest BCUT2D eigenvalue weighted by atomic mass is 10.3. The van der Waals surface area contributed by atoms with Gasteiger partial charge in [-0.2, -0.15) is 9.97 Å². The summed E-state index contributed by atoms with van der Waals surface area (Å²) >= 11 is 0. The molecular formula is C12H22N4O3. The van der Waals surface area contributed by atoms with E-state index in [1.807, 2.05) is 0 Å². The molecule has 7 nitrogen and oxygen atoms in total. The second kappa shape index (κ2) is 9.35. The van der Waals surface area contributed by atoms with Crippen LogP contribution in [0, 0.1) is 0 Å². The van der Waals surface area contributed by atoms with Gasteiger partial charge in [0.15, 0.2) is 0 Å². The normalized spacial score (nSPS) is 10.4. The number of hydrogen-bond acceptors (Lipinski definition) is 7.